The Labute approximate surface area is 106 Å². The quantitative estimate of drug-likeness (QED) is 0.805. The van der Waals surface area contributed by atoms with Crippen molar-refractivity contribution < 1.29 is 14.6 Å². The average Bonchev–Trinajstić information content (AvgIpc) is 2.83. The van der Waals surface area contributed by atoms with E-state index in [2.05, 4.69) is 0 Å². The molecule has 1 aromatic rings. The standard InChI is InChI=1S/C14H17NO3/c1-2-18-14-5-3-11(4-6-14)12-7-13(9-16)15(8-12)10-17/h3-6,8,10,13,16H,2,7,9H2,1H3/t13-/m0/s1. The van der Waals surface area contributed by atoms with E-state index >= 15 is 0 Å². The van der Waals surface area contributed by atoms with Crippen LogP contribution in [0.25, 0.3) is 5.57 Å². The fourth-order valence-corrected chi connectivity index (χ4v) is 2.10. The molecule has 0 saturated heterocycles. The number of carbonyl (C=O) groups is 1. The molecule has 1 amide bonds. The van der Waals surface area contributed by atoms with Crippen molar-refractivity contribution in [3.8, 4) is 5.75 Å². The van der Waals surface area contributed by atoms with Gasteiger partial charge in [-0.1, -0.05) is 12.1 Å². The lowest BCUT2D eigenvalue weighted by atomic mass is 10.0. The fourth-order valence-electron chi connectivity index (χ4n) is 2.10. The predicted octanol–water partition coefficient (Wildman–Crippen LogP) is 1.65. The second-order valence-electron chi connectivity index (χ2n) is 4.20. The summed E-state index contributed by atoms with van der Waals surface area (Å²) in [5.74, 6) is 0.839. The summed E-state index contributed by atoms with van der Waals surface area (Å²) in [5.41, 5.74) is 2.12. The first-order chi connectivity index (χ1) is 8.78. The van der Waals surface area contributed by atoms with Crippen molar-refractivity contribution in [3.05, 3.63) is 36.0 Å². The van der Waals surface area contributed by atoms with E-state index in [0.29, 0.717) is 13.0 Å². The van der Waals surface area contributed by atoms with E-state index < -0.39 is 0 Å². The van der Waals surface area contributed by atoms with Crippen LogP contribution >= 0.6 is 0 Å². The first-order valence-corrected chi connectivity index (χ1v) is 6.06. The Bertz CT molecular complexity index is 439. The summed E-state index contributed by atoms with van der Waals surface area (Å²) in [6.45, 7) is 2.57. The van der Waals surface area contributed by atoms with Crippen LogP contribution in [0.15, 0.2) is 30.5 Å². The molecule has 1 aromatic carbocycles. The molecular weight excluding hydrogens is 230 g/mol. The van der Waals surface area contributed by atoms with E-state index in [-0.39, 0.29) is 12.6 Å². The number of benzene rings is 1. The van der Waals surface area contributed by atoms with Crippen LogP contribution < -0.4 is 4.74 Å². The van der Waals surface area contributed by atoms with Crippen molar-refractivity contribution in [2.24, 2.45) is 0 Å². The normalized spacial score (nSPS) is 18.7. The van der Waals surface area contributed by atoms with Gasteiger partial charge in [0.05, 0.1) is 19.3 Å². The molecule has 0 radical (unpaired) electrons. The smallest absolute Gasteiger partial charge is 0.214 e. The van der Waals surface area contributed by atoms with Crippen molar-refractivity contribution in [2.75, 3.05) is 13.2 Å². The van der Waals surface area contributed by atoms with Crippen molar-refractivity contribution in [2.45, 2.75) is 19.4 Å². The third-order valence-corrected chi connectivity index (χ3v) is 3.05. The Kier molecular flexibility index (Phi) is 3.99. The average molecular weight is 247 g/mol. The highest BCUT2D eigenvalue weighted by molar-refractivity contribution is 5.71. The largest absolute Gasteiger partial charge is 0.494 e. The van der Waals surface area contributed by atoms with Gasteiger partial charge in [0.15, 0.2) is 0 Å². The molecule has 96 valence electrons. The highest BCUT2D eigenvalue weighted by Gasteiger charge is 2.24. The van der Waals surface area contributed by atoms with Crippen LogP contribution in [0.3, 0.4) is 0 Å². The Hall–Kier alpha value is -1.81. The molecule has 4 nitrogen and oxygen atoms in total. The number of ether oxygens (including phenoxy) is 1. The molecule has 1 aliphatic heterocycles. The second kappa shape index (κ2) is 5.69. The molecule has 0 aromatic heterocycles. The number of rotatable bonds is 5. The van der Waals surface area contributed by atoms with Gasteiger partial charge >= 0.3 is 0 Å². The molecule has 0 saturated carbocycles. The lowest BCUT2D eigenvalue weighted by Gasteiger charge is -2.15. The van der Waals surface area contributed by atoms with E-state index in [4.69, 9.17) is 4.74 Å². The van der Waals surface area contributed by atoms with Gasteiger partial charge < -0.3 is 14.7 Å². The zero-order valence-corrected chi connectivity index (χ0v) is 10.4. The maximum absolute atomic E-state index is 10.8. The van der Waals surface area contributed by atoms with Crippen molar-refractivity contribution >= 4 is 12.0 Å². The lowest BCUT2D eigenvalue weighted by molar-refractivity contribution is -0.117. The minimum atomic E-state index is -0.135. The van der Waals surface area contributed by atoms with Gasteiger partial charge in [-0.25, -0.2) is 0 Å². The van der Waals surface area contributed by atoms with Crippen LogP contribution in [-0.4, -0.2) is 35.7 Å². The molecule has 2 rings (SSSR count). The number of amides is 1. The maximum atomic E-state index is 10.8. The monoisotopic (exact) mass is 247 g/mol. The molecule has 1 heterocycles. The van der Waals surface area contributed by atoms with Gasteiger partial charge in [0.25, 0.3) is 0 Å². The summed E-state index contributed by atoms with van der Waals surface area (Å²) in [5, 5.41) is 9.19. The fraction of sp³-hybridized carbons (Fsp3) is 0.357. The molecule has 0 aliphatic carbocycles. The Morgan fingerprint density at radius 2 is 2.17 bits per heavy atom. The Balaban J connectivity index is 2.14. The highest BCUT2D eigenvalue weighted by atomic mass is 16.5. The van der Waals surface area contributed by atoms with Crippen LogP contribution in [0.1, 0.15) is 18.9 Å². The van der Waals surface area contributed by atoms with Gasteiger partial charge in [-0.15, -0.1) is 0 Å². The van der Waals surface area contributed by atoms with Crippen LogP contribution in [0.5, 0.6) is 5.75 Å². The molecule has 1 N–H and O–H groups in total. The second-order valence-corrected chi connectivity index (χ2v) is 4.20. The topological polar surface area (TPSA) is 49.8 Å². The number of aliphatic hydroxyl groups excluding tert-OH is 1. The van der Waals surface area contributed by atoms with Gasteiger partial charge in [0.2, 0.25) is 6.41 Å². The van der Waals surface area contributed by atoms with Crippen LogP contribution in [0.2, 0.25) is 0 Å². The summed E-state index contributed by atoms with van der Waals surface area (Å²) in [6, 6.07) is 7.64. The summed E-state index contributed by atoms with van der Waals surface area (Å²) in [7, 11) is 0. The zero-order valence-electron chi connectivity index (χ0n) is 10.4. The maximum Gasteiger partial charge on any atom is 0.214 e. The van der Waals surface area contributed by atoms with Gasteiger partial charge in [0.1, 0.15) is 5.75 Å². The lowest BCUT2D eigenvalue weighted by Crippen LogP contribution is -2.28. The number of aliphatic hydroxyl groups is 1. The number of hydrogen-bond acceptors (Lipinski definition) is 3. The molecule has 18 heavy (non-hydrogen) atoms. The first kappa shape index (κ1) is 12.6. The van der Waals surface area contributed by atoms with Gasteiger partial charge in [-0.3, -0.25) is 4.79 Å². The summed E-state index contributed by atoms with van der Waals surface area (Å²) >= 11 is 0. The van der Waals surface area contributed by atoms with Gasteiger partial charge in [0, 0.05) is 6.20 Å². The van der Waals surface area contributed by atoms with Crippen LogP contribution in [0.4, 0.5) is 0 Å². The van der Waals surface area contributed by atoms with E-state index in [1.54, 1.807) is 6.20 Å². The Morgan fingerprint density at radius 3 is 2.67 bits per heavy atom. The minimum absolute atomic E-state index is 0.0181. The Morgan fingerprint density at radius 1 is 1.44 bits per heavy atom. The summed E-state index contributed by atoms with van der Waals surface area (Å²) in [4.78, 5) is 12.4. The van der Waals surface area contributed by atoms with Gasteiger partial charge in [-0.2, -0.15) is 0 Å². The van der Waals surface area contributed by atoms with Crippen LogP contribution in [-0.2, 0) is 4.79 Å². The van der Waals surface area contributed by atoms with Crippen molar-refractivity contribution in [3.63, 3.8) is 0 Å². The number of nitrogens with zero attached hydrogens (tertiary/aromatic N) is 1. The van der Waals surface area contributed by atoms with E-state index in [0.717, 1.165) is 23.3 Å². The van der Waals surface area contributed by atoms with Crippen LogP contribution in [0, 0.1) is 0 Å². The van der Waals surface area contributed by atoms with Crippen molar-refractivity contribution in [1.29, 1.82) is 0 Å². The highest BCUT2D eigenvalue weighted by Crippen LogP contribution is 2.29. The van der Waals surface area contributed by atoms with Crippen molar-refractivity contribution in [1.82, 2.24) is 4.90 Å². The number of hydrogen-bond donors (Lipinski definition) is 1. The molecule has 4 heteroatoms. The predicted molar refractivity (Wildman–Crippen MR) is 69.0 cm³/mol. The molecule has 0 spiro atoms. The molecule has 1 atom stereocenters. The molecule has 1 aliphatic rings. The zero-order chi connectivity index (χ0) is 13.0. The molecule has 0 unspecified atom stereocenters. The van der Waals surface area contributed by atoms with E-state index in [9.17, 15) is 9.90 Å². The minimum Gasteiger partial charge on any atom is -0.494 e. The third-order valence-electron chi connectivity index (χ3n) is 3.05. The SMILES string of the molecule is CCOc1ccc(C2=CN(C=O)[C@H](CO)C2)cc1. The molecule has 0 fully saturated rings. The molecule has 0 bridgehead atoms. The van der Waals surface area contributed by atoms with E-state index in [1.807, 2.05) is 31.2 Å². The number of carbonyl (C=O) groups excluding carboxylic acids is 1. The van der Waals surface area contributed by atoms with Gasteiger partial charge in [-0.05, 0) is 36.6 Å². The third kappa shape index (κ3) is 2.54. The summed E-state index contributed by atoms with van der Waals surface area (Å²) < 4.78 is 5.38. The summed E-state index contributed by atoms with van der Waals surface area (Å²) in [6.07, 6.45) is 3.23. The first-order valence-electron chi connectivity index (χ1n) is 6.06. The van der Waals surface area contributed by atoms with E-state index in [1.165, 1.54) is 4.90 Å². The molecular formula is C14H17NO3.